The number of hydrogen-bond acceptors (Lipinski definition) is 1. The lowest BCUT2D eigenvalue weighted by Gasteiger charge is -2.09. The van der Waals surface area contributed by atoms with Crippen molar-refractivity contribution in [3.63, 3.8) is 0 Å². The van der Waals surface area contributed by atoms with E-state index in [1.54, 1.807) is 0 Å². The van der Waals surface area contributed by atoms with Crippen molar-refractivity contribution < 1.29 is 4.74 Å². The quantitative estimate of drug-likeness (QED) is 0.773. The molecule has 2 aromatic carbocycles. The van der Waals surface area contributed by atoms with Gasteiger partial charge < -0.3 is 4.74 Å². The molecule has 2 heteroatoms. The molecule has 0 aliphatic carbocycles. The van der Waals surface area contributed by atoms with Gasteiger partial charge in [0.15, 0.2) is 0 Å². The van der Waals surface area contributed by atoms with E-state index in [2.05, 4.69) is 6.92 Å². The van der Waals surface area contributed by atoms with Crippen LogP contribution in [-0.4, -0.2) is 0 Å². The number of rotatable bonds is 4. The molecule has 0 radical (unpaired) electrons. The first kappa shape index (κ1) is 12.0. The lowest BCUT2D eigenvalue weighted by molar-refractivity contribution is 0.306. The molecule has 0 fully saturated rings. The van der Waals surface area contributed by atoms with E-state index < -0.39 is 0 Å². The summed E-state index contributed by atoms with van der Waals surface area (Å²) in [5.74, 6) is 0.759. The first-order chi connectivity index (χ1) is 8.29. The third-order valence-corrected chi connectivity index (χ3v) is 2.95. The van der Waals surface area contributed by atoms with E-state index in [0.29, 0.717) is 11.6 Å². The topological polar surface area (TPSA) is 9.23 Å². The molecule has 0 spiro atoms. The predicted molar refractivity (Wildman–Crippen MR) is 71.6 cm³/mol. The number of halogens is 1. The molecule has 0 aliphatic rings. The molecule has 0 aromatic heterocycles. The number of aryl methyl sites for hydroxylation is 1. The first-order valence-corrected chi connectivity index (χ1v) is 6.12. The summed E-state index contributed by atoms with van der Waals surface area (Å²) in [4.78, 5) is 0. The van der Waals surface area contributed by atoms with Crippen LogP contribution in [0.25, 0.3) is 0 Å². The summed E-state index contributed by atoms with van der Waals surface area (Å²) in [5, 5.41) is 0.665. The second-order valence-electron chi connectivity index (χ2n) is 3.89. The molecule has 0 unspecified atom stereocenters. The van der Waals surface area contributed by atoms with Crippen LogP contribution in [0.1, 0.15) is 18.1 Å². The average Bonchev–Trinajstić information content (AvgIpc) is 2.39. The summed E-state index contributed by atoms with van der Waals surface area (Å²) in [6.07, 6.45) is 0.985. The van der Waals surface area contributed by atoms with E-state index >= 15 is 0 Å². The Bertz CT molecular complexity index is 480. The minimum absolute atomic E-state index is 0.549. The summed E-state index contributed by atoms with van der Waals surface area (Å²) in [6.45, 7) is 2.66. The SMILES string of the molecule is CCc1ccc(Cl)c(OCc2ccccc2)c1. The molecule has 88 valence electrons. The van der Waals surface area contributed by atoms with Gasteiger partial charge in [-0.25, -0.2) is 0 Å². The third-order valence-electron chi connectivity index (χ3n) is 2.64. The predicted octanol–water partition coefficient (Wildman–Crippen LogP) is 4.48. The van der Waals surface area contributed by atoms with Gasteiger partial charge in [0, 0.05) is 0 Å². The zero-order valence-electron chi connectivity index (χ0n) is 9.82. The van der Waals surface area contributed by atoms with Crippen molar-refractivity contribution in [3.05, 3.63) is 64.7 Å². The summed E-state index contributed by atoms with van der Waals surface area (Å²) in [7, 11) is 0. The van der Waals surface area contributed by atoms with Crippen molar-refractivity contribution in [2.24, 2.45) is 0 Å². The van der Waals surface area contributed by atoms with Crippen LogP contribution in [-0.2, 0) is 13.0 Å². The van der Waals surface area contributed by atoms with Crippen molar-refractivity contribution >= 4 is 11.6 Å². The van der Waals surface area contributed by atoms with Gasteiger partial charge in [-0.1, -0.05) is 54.9 Å². The first-order valence-electron chi connectivity index (χ1n) is 5.74. The molecule has 0 heterocycles. The maximum atomic E-state index is 6.09. The Balaban J connectivity index is 2.08. The summed E-state index contributed by atoms with van der Waals surface area (Å²) in [5.41, 5.74) is 2.38. The summed E-state index contributed by atoms with van der Waals surface area (Å²) in [6, 6.07) is 16.0. The van der Waals surface area contributed by atoms with Gasteiger partial charge in [0.1, 0.15) is 12.4 Å². The largest absolute Gasteiger partial charge is 0.487 e. The molecule has 0 N–H and O–H groups in total. The van der Waals surface area contributed by atoms with Crippen LogP contribution >= 0.6 is 11.6 Å². The van der Waals surface area contributed by atoms with Gasteiger partial charge in [-0.15, -0.1) is 0 Å². The molecule has 0 bridgehead atoms. The fourth-order valence-electron chi connectivity index (χ4n) is 1.61. The maximum Gasteiger partial charge on any atom is 0.138 e. The molecule has 0 amide bonds. The van der Waals surface area contributed by atoms with E-state index in [0.717, 1.165) is 17.7 Å². The minimum Gasteiger partial charge on any atom is -0.487 e. The van der Waals surface area contributed by atoms with E-state index in [1.807, 2.05) is 48.5 Å². The lowest BCUT2D eigenvalue weighted by atomic mass is 10.1. The molecule has 0 saturated heterocycles. The summed E-state index contributed by atoms with van der Waals surface area (Å²) >= 11 is 6.09. The monoisotopic (exact) mass is 246 g/mol. The van der Waals surface area contributed by atoms with E-state index in [4.69, 9.17) is 16.3 Å². The molecule has 0 saturated carbocycles. The Morgan fingerprint density at radius 3 is 2.47 bits per heavy atom. The standard InChI is InChI=1S/C15H15ClO/c1-2-12-8-9-14(16)15(10-12)17-11-13-6-4-3-5-7-13/h3-10H,2,11H2,1H3. The molecule has 2 rings (SSSR count). The van der Waals surface area contributed by atoms with Crippen LogP contribution in [0.4, 0.5) is 0 Å². The second kappa shape index (κ2) is 5.74. The van der Waals surface area contributed by atoms with Gasteiger partial charge >= 0.3 is 0 Å². The highest BCUT2D eigenvalue weighted by molar-refractivity contribution is 6.32. The lowest BCUT2D eigenvalue weighted by Crippen LogP contribution is -1.96. The van der Waals surface area contributed by atoms with Crippen LogP contribution in [0.5, 0.6) is 5.75 Å². The Morgan fingerprint density at radius 2 is 1.76 bits per heavy atom. The van der Waals surface area contributed by atoms with Crippen molar-refractivity contribution in [1.29, 1.82) is 0 Å². The van der Waals surface area contributed by atoms with Gasteiger partial charge in [-0.05, 0) is 29.7 Å². The van der Waals surface area contributed by atoms with Gasteiger partial charge in [0.25, 0.3) is 0 Å². The Kier molecular flexibility index (Phi) is 4.05. The summed E-state index contributed by atoms with van der Waals surface area (Å²) < 4.78 is 5.73. The zero-order chi connectivity index (χ0) is 12.1. The van der Waals surface area contributed by atoms with Crippen molar-refractivity contribution in [3.8, 4) is 5.75 Å². The highest BCUT2D eigenvalue weighted by atomic mass is 35.5. The Morgan fingerprint density at radius 1 is 1.00 bits per heavy atom. The van der Waals surface area contributed by atoms with Crippen molar-refractivity contribution in [2.45, 2.75) is 20.0 Å². The van der Waals surface area contributed by atoms with Crippen LogP contribution < -0.4 is 4.74 Å². The molecule has 1 nitrogen and oxygen atoms in total. The smallest absolute Gasteiger partial charge is 0.138 e. The van der Waals surface area contributed by atoms with Gasteiger partial charge in [-0.2, -0.15) is 0 Å². The van der Waals surface area contributed by atoms with Gasteiger partial charge in [-0.3, -0.25) is 0 Å². The van der Waals surface area contributed by atoms with E-state index in [-0.39, 0.29) is 0 Å². The fraction of sp³-hybridized carbons (Fsp3) is 0.200. The average molecular weight is 247 g/mol. The maximum absolute atomic E-state index is 6.09. The highest BCUT2D eigenvalue weighted by Gasteiger charge is 2.02. The van der Waals surface area contributed by atoms with Gasteiger partial charge in [0.05, 0.1) is 5.02 Å². The molecule has 17 heavy (non-hydrogen) atoms. The van der Waals surface area contributed by atoms with Crippen molar-refractivity contribution in [2.75, 3.05) is 0 Å². The molecular formula is C15H15ClO. The highest BCUT2D eigenvalue weighted by Crippen LogP contribution is 2.26. The molecule has 0 atom stereocenters. The van der Waals surface area contributed by atoms with Crippen LogP contribution in [0.3, 0.4) is 0 Å². The van der Waals surface area contributed by atoms with Crippen LogP contribution in [0, 0.1) is 0 Å². The van der Waals surface area contributed by atoms with Gasteiger partial charge in [0.2, 0.25) is 0 Å². The zero-order valence-corrected chi connectivity index (χ0v) is 10.6. The normalized spacial score (nSPS) is 10.2. The fourth-order valence-corrected chi connectivity index (χ4v) is 1.79. The van der Waals surface area contributed by atoms with E-state index in [9.17, 15) is 0 Å². The Labute approximate surface area is 107 Å². The van der Waals surface area contributed by atoms with Crippen LogP contribution in [0.15, 0.2) is 48.5 Å². The number of benzene rings is 2. The van der Waals surface area contributed by atoms with E-state index in [1.165, 1.54) is 5.56 Å². The Hall–Kier alpha value is -1.47. The molecule has 0 aliphatic heterocycles. The number of ether oxygens (including phenoxy) is 1. The number of hydrogen-bond donors (Lipinski definition) is 0. The second-order valence-corrected chi connectivity index (χ2v) is 4.30. The van der Waals surface area contributed by atoms with Crippen molar-refractivity contribution in [1.82, 2.24) is 0 Å². The molecular weight excluding hydrogens is 232 g/mol. The molecule has 2 aromatic rings. The minimum atomic E-state index is 0.549. The van der Waals surface area contributed by atoms with Crippen LogP contribution in [0.2, 0.25) is 5.02 Å². The third kappa shape index (κ3) is 3.24.